The molecule has 6 heteroatoms. The summed E-state index contributed by atoms with van der Waals surface area (Å²) >= 11 is 6.73. The lowest BCUT2D eigenvalue weighted by Gasteiger charge is -2.07. The second-order valence-corrected chi connectivity index (χ2v) is 7.21. The van der Waals surface area contributed by atoms with Gasteiger partial charge in [-0.1, -0.05) is 28.1 Å². The molecule has 0 aliphatic heterocycles. The number of aliphatic imine (C=N–C) groups is 1. The summed E-state index contributed by atoms with van der Waals surface area (Å²) < 4.78 is 1.61. The van der Waals surface area contributed by atoms with Crippen molar-refractivity contribution in [3.05, 3.63) is 86.8 Å². The number of rotatable bonds is 4. The normalized spacial score (nSPS) is 10.8. The van der Waals surface area contributed by atoms with Crippen molar-refractivity contribution in [3.63, 3.8) is 0 Å². The van der Waals surface area contributed by atoms with E-state index >= 15 is 0 Å². The van der Waals surface area contributed by atoms with E-state index in [-0.39, 0.29) is 11.7 Å². The van der Waals surface area contributed by atoms with E-state index in [1.54, 1.807) is 54.7 Å². The molecule has 0 aromatic heterocycles. The smallest absolute Gasteiger partial charge is 0.256 e. The molecule has 0 spiro atoms. The molecule has 0 saturated carbocycles. The van der Waals surface area contributed by atoms with E-state index in [2.05, 4.69) is 42.2 Å². The largest absolute Gasteiger partial charge is 0.507 e. The molecule has 4 nitrogen and oxygen atoms in total. The lowest BCUT2D eigenvalue weighted by Crippen LogP contribution is -2.12. The summed E-state index contributed by atoms with van der Waals surface area (Å²) in [7, 11) is 0. The molecule has 0 aliphatic carbocycles. The molecule has 0 radical (unpaired) electrons. The average Bonchev–Trinajstić information content (AvgIpc) is 2.64. The van der Waals surface area contributed by atoms with E-state index in [0.29, 0.717) is 22.5 Å². The van der Waals surface area contributed by atoms with Gasteiger partial charge in [0.05, 0.1) is 11.3 Å². The Morgan fingerprint density at radius 2 is 1.73 bits per heavy atom. The Morgan fingerprint density at radius 3 is 2.46 bits per heavy atom. The number of carbonyl (C=O) groups excluding carboxylic acids is 1. The molecule has 0 aliphatic rings. The van der Waals surface area contributed by atoms with Crippen LogP contribution in [0.15, 0.2) is 80.7 Å². The van der Waals surface area contributed by atoms with Crippen molar-refractivity contribution in [2.24, 2.45) is 4.99 Å². The van der Waals surface area contributed by atoms with Gasteiger partial charge < -0.3 is 10.4 Å². The van der Waals surface area contributed by atoms with Crippen LogP contribution in [-0.2, 0) is 0 Å². The van der Waals surface area contributed by atoms with Gasteiger partial charge in [-0.15, -0.1) is 0 Å². The molecule has 1 amide bonds. The van der Waals surface area contributed by atoms with Crippen molar-refractivity contribution >= 4 is 55.4 Å². The first-order chi connectivity index (χ1) is 12.5. The Hall–Kier alpha value is -2.44. The number of halogens is 2. The highest BCUT2D eigenvalue weighted by atomic mass is 79.9. The van der Waals surface area contributed by atoms with E-state index in [1.807, 2.05) is 18.2 Å². The zero-order valence-electron chi connectivity index (χ0n) is 13.5. The maximum Gasteiger partial charge on any atom is 0.256 e. The van der Waals surface area contributed by atoms with E-state index in [4.69, 9.17) is 0 Å². The molecule has 0 fully saturated rings. The molecule has 2 N–H and O–H groups in total. The topological polar surface area (TPSA) is 61.7 Å². The Kier molecular flexibility index (Phi) is 5.85. The van der Waals surface area contributed by atoms with Crippen LogP contribution in [0.5, 0.6) is 5.75 Å². The fraction of sp³-hybridized carbons (Fsp3) is 0. The van der Waals surface area contributed by atoms with Crippen LogP contribution >= 0.6 is 31.9 Å². The quantitative estimate of drug-likeness (QED) is 0.462. The minimum Gasteiger partial charge on any atom is -0.507 e. The summed E-state index contributed by atoms with van der Waals surface area (Å²) in [6, 6.07) is 19.5. The van der Waals surface area contributed by atoms with Gasteiger partial charge in [-0.3, -0.25) is 9.79 Å². The average molecular weight is 474 g/mol. The zero-order valence-corrected chi connectivity index (χ0v) is 16.7. The highest BCUT2D eigenvalue weighted by Gasteiger charge is 2.09. The van der Waals surface area contributed by atoms with Crippen molar-refractivity contribution in [2.75, 3.05) is 5.32 Å². The summed E-state index contributed by atoms with van der Waals surface area (Å²) in [5.41, 5.74) is 2.57. The monoisotopic (exact) mass is 472 g/mol. The van der Waals surface area contributed by atoms with Crippen molar-refractivity contribution in [1.82, 2.24) is 0 Å². The number of nitrogens with one attached hydrogen (secondary N) is 1. The Bertz CT molecular complexity index is 970. The van der Waals surface area contributed by atoms with Gasteiger partial charge in [-0.05, 0) is 70.5 Å². The van der Waals surface area contributed by atoms with Crippen molar-refractivity contribution in [3.8, 4) is 5.75 Å². The van der Waals surface area contributed by atoms with E-state index < -0.39 is 0 Å². The third kappa shape index (κ3) is 4.59. The van der Waals surface area contributed by atoms with Crippen LogP contribution in [0.3, 0.4) is 0 Å². The number of amides is 1. The van der Waals surface area contributed by atoms with Crippen LogP contribution in [0.1, 0.15) is 15.9 Å². The van der Waals surface area contributed by atoms with Crippen molar-refractivity contribution in [1.29, 1.82) is 0 Å². The molecule has 26 heavy (non-hydrogen) atoms. The SMILES string of the molecule is O=C(Nc1ccc(N=Cc2cc(Br)ccc2O)cc1)c1ccccc1Br. The van der Waals surface area contributed by atoms with E-state index in [1.165, 1.54) is 0 Å². The van der Waals surface area contributed by atoms with Gasteiger partial charge in [-0.2, -0.15) is 0 Å². The molecule has 3 aromatic carbocycles. The molecule has 3 rings (SSSR count). The van der Waals surface area contributed by atoms with E-state index in [9.17, 15) is 9.90 Å². The Labute approximate surface area is 167 Å². The lowest BCUT2D eigenvalue weighted by molar-refractivity contribution is 0.102. The summed E-state index contributed by atoms with van der Waals surface area (Å²) in [4.78, 5) is 16.6. The lowest BCUT2D eigenvalue weighted by atomic mass is 10.2. The summed E-state index contributed by atoms with van der Waals surface area (Å²) in [6.45, 7) is 0. The van der Waals surface area contributed by atoms with Crippen LogP contribution in [-0.4, -0.2) is 17.2 Å². The van der Waals surface area contributed by atoms with Gasteiger partial charge in [0, 0.05) is 26.4 Å². The molecule has 3 aromatic rings. The number of anilines is 1. The Balaban J connectivity index is 1.70. The van der Waals surface area contributed by atoms with Gasteiger partial charge in [-0.25, -0.2) is 0 Å². The molecule has 0 atom stereocenters. The van der Waals surface area contributed by atoms with Crippen LogP contribution in [0.2, 0.25) is 0 Å². The minimum atomic E-state index is -0.187. The molecule has 0 heterocycles. The summed E-state index contributed by atoms with van der Waals surface area (Å²) in [5.74, 6) is -0.0259. The number of hydrogen-bond acceptors (Lipinski definition) is 3. The van der Waals surface area contributed by atoms with Crippen LogP contribution in [0.4, 0.5) is 11.4 Å². The van der Waals surface area contributed by atoms with Gasteiger partial charge in [0.2, 0.25) is 0 Å². The molecule has 0 bridgehead atoms. The van der Waals surface area contributed by atoms with E-state index in [0.717, 1.165) is 8.95 Å². The second-order valence-electron chi connectivity index (χ2n) is 5.44. The molecule has 130 valence electrons. The fourth-order valence-corrected chi connectivity index (χ4v) is 3.09. The molecule has 0 unspecified atom stereocenters. The predicted molar refractivity (Wildman–Crippen MR) is 112 cm³/mol. The first-order valence-corrected chi connectivity index (χ1v) is 9.30. The first kappa shape index (κ1) is 18.4. The second kappa shape index (κ2) is 8.29. The van der Waals surface area contributed by atoms with Crippen molar-refractivity contribution in [2.45, 2.75) is 0 Å². The minimum absolute atomic E-state index is 0.161. The number of benzene rings is 3. The first-order valence-electron chi connectivity index (χ1n) is 7.71. The molecular weight excluding hydrogens is 460 g/mol. The standard InChI is InChI=1S/C20H14Br2N2O2/c21-14-5-10-19(25)13(11-14)12-23-15-6-8-16(9-7-15)24-20(26)17-3-1-2-4-18(17)22/h1-12,25H,(H,24,26). The summed E-state index contributed by atoms with van der Waals surface area (Å²) in [5, 5.41) is 12.7. The number of hydrogen-bond donors (Lipinski definition) is 2. The van der Waals surface area contributed by atoms with Crippen molar-refractivity contribution < 1.29 is 9.90 Å². The maximum absolute atomic E-state index is 12.3. The Morgan fingerprint density at radius 1 is 1.00 bits per heavy atom. The summed E-state index contributed by atoms with van der Waals surface area (Å²) in [6.07, 6.45) is 1.59. The zero-order chi connectivity index (χ0) is 18.5. The number of nitrogens with zero attached hydrogens (tertiary/aromatic N) is 1. The van der Waals surface area contributed by atoms with Crippen LogP contribution in [0, 0.1) is 0 Å². The third-order valence-electron chi connectivity index (χ3n) is 3.59. The molecule has 0 saturated heterocycles. The van der Waals surface area contributed by atoms with Crippen LogP contribution < -0.4 is 5.32 Å². The number of carbonyl (C=O) groups is 1. The van der Waals surface area contributed by atoms with Crippen LogP contribution in [0.25, 0.3) is 0 Å². The number of phenols is 1. The number of aromatic hydroxyl groups is 1. The maximum atomic E-state index is 12.3. The fourth-order valence-electron chi connectivity index (χ4n) is 2.25. The number of phenolic OH excluding ortho intramolecular Hbond substituents is 1. The predicted octanol–water partition coefficient (Wildman–Crippen LogP) is 5.92. The third-order valence-corrected chi connectivity index (χ3v) is 4.77. The highest BCUT2D eigenvalue weighted by Crippen LogP contribution is 2.23. The van der Waals surface area contributed by atoms with Gasteiger partial charge in [0.25, 0.3) is 5.91 Å². The van der Waals surface area contributed by atoms with Gasteiger partial charge in [0.1, 0.15) is 5.75 Å². The van der Waals surface area contributed by atoms with Gasteiger partial charge in [0.15, 0.2) is 0 Å². The molecular formula is C20H14Br2N2O2. The highest BCUT2D eigenvalue weighted by molar-refractivity contribution is 9.10. The van der Waals surface area contributed by atoms with Gasteiger partial charge >= 0.3 is 0 Å².